The summed E-state index contributed by atoms with van der Waals surface area (Å²) in [4.78, 5) is 42.2. The van der Waals surface area contributed by atoms with Crippen LogP contribution in [0.2, 0.25) is 0 Å². The van der Waals surface area contributed by atoms with Gasteiger partial charge in [-0.05, 0) is 31.5 Å². The molecule has 8 nitrogen and oxygen atoms in total. The molecule has 0 spiro atoms. The van der Waals surface area contributed by atoms with Crippen LogP contribution in [0.1, 0.15) is 16.2 Å². The normalized spacial score (nSPS) is 10.8. The second kappa shape index (κ2) is 7.52. The highest BCUT2D eigenvalue weighted by atomic mass is 32.1. The minimum absolute atomic E-state index is 0.180. The van der Waals surface area contributed by atoms with Crippen molar-refractivity contribution in [2.75, 3.05) is 6.54 Å². The SMILES string of the molecule is Cc1sc2ncn(CC(=O)NCC(=O)NCc3ccco3)c(=O)c2c1C. The van der Waals surface area contributed by atoms with Crippen molar-refractivity contribution in [2.45, 2.75) is 26.9 Å². The number of fused-ring (bicyclic) bond motifs is 1. The number of rotatable bonds is 6. The lowest BCUT2D eigenvalue weighted by atomic mass is 10.2. The maximum atomic E-state index is 12.5. The van der Waals surface area contributed by atoms with Crippen molar-refractivity contribution in [3.63, 3.8) is 0 Å². The third-order valence-corrected chi connectivity index (χ3v) is 5.07. The van der Waals surface area contributed by atoms with Crippen molar-refractivity contribution < 1.29 is 14.0 Å². The number of aryl methyl sites for hydroxylation is 2. The zero-order chi connectivity index (χ0) is 18.7. The predicted octanol–water partition coefficient (Wildman–Crippen LogP) is 1.10. The molecule has 0 atom stereocenters. The summed E-state index contributed by atoms with van der Waals surface area (Å²) in [5.41, 5.74) is 0.629. The highest BCUT2D eigenvalue weighted by molar-refractivity contribution is 7.18. The van der Waals surface area contributed by atoms with Gasteiger partial charge >= 0.3 is 0 Å². The molecule has 0 aliphatic heterocycles. The molecule has 0 unspecified atom stereocenters. The standard InChI is InChI=1S/C17H18N4O4S/c1-10-11(2)26-16-15(10)17(24)21(9-20-16)8-14(23)19-7-13(22)18-6-12-4-3-5-25-12/h3-5,9H,6-8H2,1-2H3,(H,18,22)(H,19,23). The fourth-order valence-corrected chi connectivity index (χ4v) is 3.42. The Bertz CT molecular complexity index is 1000. The third-order valence-electron chi connectivity index (χ3n) is 3.96. The lowest BCUT2D eigenvalue weighted by molar-refractivity contribution is -0.126. The molecule has 0 saturated heterocycles. The molecule has 3 heterocycles. The van der Waals surface area contributed by atoms with Crippen LogP contribution >= 0.6 is 11.3 Å². The van der Waals surface area contributed by atoms with Gasteiger partial charge in [0.25, 0.3) is 5.56 Å². The maximum absolute atomic E-state index is 12.5. The molecule has 0 aliphatic carbocycles. The lowest BCUT2D eigenvalue weighted by Crippen LogP contribution is -2.39. The van der Waals surface area contributed by atoms with Crippen LogP contribution < -0.4 is 16.2 Å². The Morgan fingerprint density at radius 1 is 1.27 bits per heavy atom. The topological polar surface area (TPSA) is 106 Å². The zero-order valence-electron chi connectivity index (χ0n) is 14.4. The van der Waals surface area contributed by atoms with E-state index in [1.54, 1.807) is 12.1 Å². The fraction of sp³-hybridized carbons (Fsp3) is 0.294. The number of aromatic nitrogens is 2. The second-order valence-corrected chi connectivity index (χ2v) is 6.98. The molecule has 0 aromatic carbocycles. The van der Waals surface area contributed by atoms with Gasteiger partial charge < -0.3 is 15.1 Å². The Morgan fingerprint density at radius 2 is 2.08 bits per heavy atom. The van der Waals surface area contributed by atoms with Gasteiger partial charge in [-0.2, -0.15) is 0 Å². The number of carbonyl (C=O) groups excluding carboxylic acids is 2. The molecular formula is C17H18N4O4S. The molecule has 3 aromatic heterocycles. The first-order valence-corrected chi connectivity index (χ1v) is 8.78. The third kappa shape index (κ3) is 3.83. The number of nitrogens with one attached hydrogen (secondary N) is 2. The summed E-state index contributed by atoms with van der Waals surface area (Å²) >= 11 is 1.45. The molecule has 3 rings (SSSR count). The predicted molar refractivity (Wildman–Crippen MR) is 96.9 cm³/mol. The summed E-state index contributed by atoms with van der Waals surface area (Å²) in [5, 5.41) is 5.65. The number of thiophene rings is 1. The van der Waals surface area contributed by atoms with Gasteiger partial charge in [0.2, 0.25) is 11.8 Å². The second-order valence-electron chi connectivity index (χ2n) is 5.77. The van der Waals surface area contributed by atoms with Gasteiger partial charge in [-0.1, -0.05) is 0 Å². The van der Waals surface area contributed by atoms with Gasteiger partial charge in [-0.25, -0.2) is 4.98 Å². The summed E-state index contributed by atoms with van der Waals surface area (Å²) in [6, 6.07) is 3.46. The Hall–Kier alpha value is -2.94. The molecule has 9 heteroatoms. The molecule has 2 N–H and O–H groups in total. The van der Waals surface area contributed by atoms with Crippen LogP contribution in [0.5, 0.6) is 0 Å². The number of nitrogens with zero attached hydrogens (tertiary/aromatic N) is 2. The van der Waals surface area contributed by atoms with E-state index in [0.29, 0.717) is 16.0 Å². The molecule has 0 aliphatic rings. The average molecular weight is 374 g/mol. The minimum atomic E-state index is -0.439. The highest BCUT2D eigenvalue weighted by Crippen LogP contribution is 2.25. The largest absolute Gasteiger partial charge is 0.467 e. The van der Waals surface area contributed by atoms with Gasteiger partial charge in [0.15, 0.2) is 0 Å². The van der Waals surface area contributed by atoms with Crippen LogP contribution in [0.4, 0.5) is 0 Å². The first kappa shape index (κ1) is 17.9. The fourth-order valence-electron chi connectivity index (χ4n) is 2.43. The van der Waals surface area contributed by atoms with E-state index in [1.165, 1.54) is 28.5 Å². The molecular weight excluding hydrogens is 356 g/mol. The molecule has 3 aromatic rings. The Morgan fingerprint density at radius 3 is 2.81 bits per heavy atom. The lowest BCUT2D eigenvalue weighted by Gasteiger charge is -2.07. The van der Waals surface area contributed by atoms with E-state index in [9.17, 15) is 14.4 Å². The van der Waals surface area contributed by atoms with Gasteiger partial charge in [-0.3, -0.25) is 19.0 Å². The molecule has 136 valence electrons. The smallest absolute Gasteiger partial charge is 0.262 e. The van der Waals surface area contributed by atoms with Gasteiger partial charge in [0.05, 0.1) is 31.1 Å². The molecule has 0 fully saturated rings. The molecule has 0 saturated carbocycles. The molecule has 0 bridgehead atoms. The van der Waals surface area contributed by atoms with Crippen molar-refractivity contribution in [2.24, 2.45) is 0 Å². The van der Waals surface area contributed by atoms with Crippen LogP contribution in [0.25, 0.3) is 10.2 Å². The Labute approximate surface area is 152 Å². The van der Waals surface area contributed by atoms with E-state index in [4.69, 9.17) is 4.42 Å². The van der Waals surface area contributed by atoms with Gasteiger partial charge in [0.1, 0.15) is 17.1 Å². The van der Waals surface area contributed by atoms with Crippen LogP contribution in [0.3, 0.4) is 0 Å². The first-order chi connectivity index (χ1) is 12.5. The average Bonchev–Trinajstić information content (AvgIpc) is 3.23. The van der Waals surface area contributed by atoms with Crippen molar-refractivity contribution in [3.8, 4) is 0 Å². The van der Waals surface area contributed by atoms with E-state index >= 15 is 0 Å². The number of hydrogen-bond acceptors (Lipinski definition) is 6. The summed E-state index contributed by atoms with van der Waals surface area (Å²) in [5.74, 6) is -0.164. The van der Waals surface area contributed by atoms with Crippen molar-refractivity contribution in [1.29, 1.82) is 0 Å². The molecule has 2 amide bonds. The van der Waals surface area contributed by atoms with Crippen LogP contribution in [0, 0.1) is 13.8 Å². The number of carbonyl (C=O) groups is 2. The van der Waals surface area contributed by atoms with Crippen molar-refractivity contribution in [3.05, 3.63) is 51.3 Å². The Balaban J connectivity index is 1.57. The minimum Gasteiger partial charge on any atom is -0.467 e. The van der Waals surface area contributed by atoms with E-state index in [-0.39, 0.29) is 31.1 Å². The zero-order valence-corrected chi connectivity index (χ0v) is 15.2. The summed E-state index contributed by atoms with van der Waals surface area (Å²) < 4.78 is 6.35. The molecule has 26 heavy (non-hydrogen) atoms. The molecule has 0 radical (unpaired) electrons. The van der Waals surface area contributed by atoms with Crippen molar-refractivity contribution >= 4 is 33.4 Å². The first-order valence-electron chi connectivity index (χ1n) is 7.96. The number of furan rings is 1. The van der Waals surface area contributed by atoms with Crippen molar-refractivity contribution in [1.82, 2.24) is 20.2 Å². The monoisotopic (exact) mass is 374 g/mol. The van der Waals surface area contributed by atoms with Gasteiger partial charge in [0, 0.05) is 4.88 Å². The van der Waals surface area contributed by atoms with E-state index in [2.05, 4.69) is 15.6 Å². The summed E-state index contributed by atoms with van der Waals surface area (Å²) in [7, 11) is 0. The maximum Gasteiger partial charge on any atom is 0.262 e. The quantitative estimate of drug-likeness (QED) is 0.672. The van der Waals surface area contributed by atoms with Gasteiger partial charge in [-0.15, -0.1) is 11.3 Å². The number of hydrogen-bond donors (Lipinski definition) is 2. The van der Waals surface area contributed by atoms with Crippen LogP contribution in [0.15, 0.2) is 33.9 Å². The van der Waals surface area contributed by atoms with E-state index < -0.39 is 5.91 Å². The van der Waals surface area contributed by atoms with Crippen LogP contribution in [-0.2, 0) is 22.7 Å². The summed E-state index contributed by atoms with van der Waals surface area (Å²) in [6.45, 7) is 3.67. The number of amides is 2. The van der Waals surface area contributed by atoms with E-state index in [0.717, 1.165) is 10.4 Å². The Kier molecular flexibility index (Phi) is 5.17. The van der Waals surface area contributed by atoms with Crippen LogP contribution in [-0.4, -0.2) is 27.9 Å². The summed E-state index contributed by atoms with van der Waals surface area (Å²) in [6.07, 6.45) is 2.87. The highest BCUT2D eigenvalue weighted by Gasteiger charge is 2.14. The van der Waals surface area contributed by atoms with E-state index in [1.807, 2.05) is 13.8 Å².